The number of aryl methyl sites for hydroxylation is 1. The third kappa shape index (κ3) is 4.08. The van der Waals surface area contributed by atoms with E-state index in [9.17, 15) is 9.59 Å². The first-order valence-electron chi connectivity index (χ1n) is 9.37. The maximum atomic E-state index is 13.0. The number of rotatable bonds is 6. The molecule has 0 spiro atoms. The summed E-state index contributed by atoms with van der Waals surface area (Å²) in [6.07, 6.45) is 0.800. The van der Waals surface area contributed by atoms with E-state index < -0.39 is 0 Å². The van der Waals surface area contributed by atoms with Gasteiger partial charge in [-0.2, -0.15) is 0 Å². The molecule has 0 radical (unpaired) electrons. The highest BCUT2D eigenvalue weighted by atomic mass is 32.2. The third-order valence-corrected chi connectivity index (χ3v) is 7.29. The topological polar surface area (TPSA) is 66.1 Å². The fourth-order valence-electron chi connectivity index (χ4n) is 3.19. The van der Waals surface area contributed by atoms with Crippen LogP contribution in [0.15, 0.2) is 52.4 Å². The Morgan fingerprint density at radius 1 is 1.23 bits per heavy atom. The zero-order valence-electron chi connectivity index (χ0n) is 17.1. The second kappa shape index (κ2) is 8.78. The summed E-state index contributed by atoms with van der Waals surface area (Å²) in [5.41, 5.74) is 3.85. The minimum absolute atomic E-state index is 0.136. The Hall–Kier alpha value is -2.75. The van der Waals surface area contributed by atoms with Crippen LogP contribution in [0.3, 0.4) is 0 Å². The number of aromatic nitrogens is 3. The first-order chi connectivity index (χ1) is 14.9. The molecule has 0 N–H and O–H groups in total. The van der Waals surface area contributed by atoms with Crippen molar-refractivity contribution in [1.82, 2.24) is 14.1 Å². The molecule has 9 heteroatoms. The minimum atomic E-state index is -0.136. The molecule has 0 aliphatic heterocycles. The monoisotopic (exact) mass is 469 g/mol. The highest BCUT2D eigenvalue weighted by Crippen LogP contribution is 2.30. The summed E-state index contributed by atoms with van der Waals surface area (Å²) in [7, 11) is 3.29. The van der Waals surface area contributed by atoms with Gasteiger partial charge in [0.25, 0.3) is 5.56 Å². The van der Waals surface area contributed by atoms with Gasteiger partial charge in [-0.1, -0.05) is 40.8 Å². The molecule has 0 aliphatic rings. The van der Waals surface area contributed by atoms with Crippen LogP contribution in [0.2, 0.25) is 0 Å². The summed E-state index contributed by atoms with van der Waals surface area (Å²) >= 11 is 8.23. The van der Waals surface area contributed by atoms with E-state index in [0.29, 0.717) is 36.5 Å². The Labute approximate surface area is 192 Å². The maximum absolute atomic E-state index is 13.0. The number of hydrogen-bond donors (Lipinski definition) is 0. The van der Waals surface area contributed by atoms with Gasteiger partial charge in [-0.05, 0) is 49.5 Å². The van der Waals surface area contributed by atoms with Gasteiger partial charge in [0.05, 0.1) is 7.11 Å². The molecule has 2 heterocycles. The van der Waals surface area contributed by atoms with Gasteiger partial charge >= 0.3 is 0 Å². The second-order valence-corrected chi connectivity index (χ2v) is 9.51. The molecule has 2 aromatic heterocycles. The van der Waals surface area contributed by atoms with Crippen LogP contribution in [0, 0.1) is 10.9 Å². The van der Waals surface area contributed by atoms with E-state index >= 15 is 0 Å². The summed E-state index contributed by atoms with van der Waals surface area (Å²) in [4.78, 5) is 29.0. The molecule has 0 aliphatic carbocycles. The summed E-state index contributed by atoms with van der Waals surface area (Å²) in [6.45, 7) is 2.02. The SMILES string of the molecule is COc1ccc(C=O)cc1CSc1nc2c(sc(=S)n2-c2ccc(C)cc2)c(=O)n1C. The molecule has 2 aromatic carbocycles. The van der Waals surface area contributed by atoms with Gasteiger partial charge in [0.1, 0.15) is 16.7 Å². The third-order valence-electron chi connectivity index (χ3n) is 4.86. The molecule has 0 bridgehead atoms. The van der Waals surface area contributed by atoms with Crippen LogP contribution in [0.4, 0.5) is 0 Å². The number of nitrogens with zero attached hydrogens (tertiary/aromatic N) is 3. The zero-order chi connectivity index (χ0) is 22.1. The molecule has 0 saturated carbocycles. The number of carbonyl (C=O) groups excluding carboxylic acids is 1. The molecule has 6 nitrogen and oxygen atoms in total. The van der Waals surface area contributed by atoms with E-state index in [4.69, 9.17) is 21.9 Å². The van der Waals surface area contributed by atoms with Crippen molar-refractivity contribution in [2.24, 2.45) is 7.05 Å². The molecule has 0 atom stereocenters. The average Bonchev–Trinajstić information content (AvgIpc) is 3.11. The quantitative estimate of drug-likeness (QED) is 0.173. The van der Waals surface area contributed by atoms with E-state index in [-0.39, 0.29) is 5.56 Å². The predicted octanol–water partition coefficient (Wildman–Crippen LogP) is 4.94. The smallest absolute Gasteiger partial charge is 0.273 e. The lowest BCUT2D eigenvalue weighted by molar-refractivity contribution is 0.112. The molecular formula is C22H19N3O3S3. The van der Waals surface area contributed by atoms with Crippen molar-refractivity contribution < 1.29 is 9.53 Å². The highest BCUT2D eigenvalue weighted by Gasteiger charge is 2.17. The average molecular weight is 470 g/mol. The van der Waals surface area contributed by atoms with Crippen molar-refractivity contribution in [1.29, 1.82) is 0 Å². The molecule has 4 rings (SSSR count). The summed E-state index contributed by atoms with van der Waals surface area (Å²) in [5.74, 6) is 1.17. The first-order valence-corrected chi connectivity index (χ1v) is 11.6. The molecule has 0 amide bonds. The summed E-state index contributed by atoms with van der Waals surface area (Å²) in [6, 6.07) is 13.2. The van der Waals surface area contributed by atoms with Crippen molar-refractivity contribution >= 4 is 51.9 Å². The van der Waals surface area contributed by atoms with Crippen LogP contribution in [0.5, 0.6) is 5.75 Å². The fourth-order valence-corrected chi connectivity index (χ4v) is 5.48. The standard InChI is InChI=1S/C22H19N3O3S3/c1-13-4-7-16(8-5-13)25-19-18(31-22(25)29)20(27)24(2)21(23-19)30-12-15-10-14(11-26)6-9-17(15)28-3/h4-11H,12H2,1-3H3. The number of thiazole rings is 1. The lowest BCUT2D eigenvalue weighted by atomic mass is 10.1. The Balaban J connectivity index is 1.79. The van der Waals surface area contributed by atoms with Gasteiger partial charge in [-0.15, -0.1) is 0 Å². The van der Waals surface area contributed by atoms with Gasteiger partial charge in [0.15, 0.2) is 14.8 Å². The summed E-state index contributed by atoms with van der Waals surface area (Å²) in [5, 5.41) is 0.560. The van der Waals surface area contributed by atoms with Crippen LogP contribution in [-0.4, -0.2) is 27.5 Å². The minimum Gasteiger partial charge on any atom is -0.496 e. The fraction of sp³-hybridized carbons (Fsp3) is 0.182. The Bertz CT molecular complexity index is 1400. The summed E-state index contributed by atoms with van der Waals surface area (Å²) < 4.78 is 9.89. The van der Waals surface area contributed by atoms with E-state index in [0.717, 1.165) is 23.1 Å². The Morgan fingerprint density at radius 2 is 1.97 bits per heavy atom. The predicted molar refractivity (Wildman–Crippen MR) is 128 cm³/mol. The van der Waals surface area contributed by atoms with Gasteiger partial charge in [0, 0.05) is 29.6 Å². The lowest BCUT2D eigenvalue weighted by Crippen LogP contribution is -2.19. The highest BCUT2D eigenvalue weighted by molar-refractivity contribution is 7.98. The van der Waals surface area contributed by atoms with Gasteiger partial charge in [-0.3, -0.25) is 18.7 Å². The Kier molecular flexibility index (Phi) is 6.08. The maximum Gasteiger partial charge on any atom is 0.273 e. The number of thioether (sulfide) groups is 1. The zero-order valence-corrected chi connectivity index (χ0v) is 19.6. The van der Waals surface area contributed by atoms with Crippen molar-refractivity contribution in [3.05, 3.63) is 73.5 Å². The molecule has 4 aromatic rings. The van der Waals surface area contributed by atoms with E-state index in [2.05, 4.69) is 0 Å². The van der Waals surface area contributed by atoms with E-state index in [1.165, 1.54) is 27.7 Å². The normalized spacial score (nSPS) is 11.1. The molecule has 0 unspecified atom stereocenters. The number of fused-ring (bicyclic) bond motifs is 1. The number of hydrogen-bond acceptors (Lipinski definition) is 7. The second-order valence-electron chi connectivity index (χ2n) is 6.93. The molecular weight excluding hydrogens is 450 g/mol. The molecule has 158 valence electrons. The van der Waals surface area contributed by atoms with Crippen molar-refractivity contribution in [3.63, 3.8) is 0 Å². The molecule has 31 heavy (non-hydrogen) atoms. The van der Waals surface area contributed by atoms with Gasteiger partial charge < -0.3 is 4.74 Å². The lowest BCUT2D eigenvalue weighted by Gasteiger charge is -2.11. The van der Waals surface area contributed by atoms with Crippen LogP contribution in [-0.2, 0) is 12.8 Å². The number of aldehydes is 1. The van der Waals surface area contributed by atoms with Crippen LogP contribution >= 0.6 is 35.3 Å². The van der Waals surface area contributed by atoms with Gasteiger partial charge in [-0.25, -0.2) is 4.98 Å². The van der Waals surface area contributed by atoms with Crippen molar-refractivity contribution in [3.8, 4) is 11.4 Å². The molecule has 0 fully saturated rings. The van der Waals surface area contributed by atoms with Crippen molar-refractivity contribution in [2.45, 2.75) is 17.8 Å². The number of benzene rings is 2. The Morgan fingerprint density at radius 3 is 2.65 bits per heavy atom. The number of carbonyl (C=O) groups is 1. The van der Waals surface area contributed by atoms with E-state index in [1.807, 2.05) is 35.8 Å². The molecule has 0 saturated heterocycles. The van der Waals surface area contributed by atoms with Crippen LogP contribution in [0.1, 0.15) is 21.5 Å². The van der Waals surface area contributed by atoms with Crippen LogP contribution in [0.25, 0.3) is 16.0 Å². The number of methoxy groups -OCH3 is 1. The van der Waals surface area contributed by atoms with Crippen LogP contribution < -0.4 is 10.3 Å². The van der Waals surface area contributed by atoms with E-state index in [1.54, 1.807) is 32.4 Å². The first kappa shape index (κ1) is 21.5. The largest absolute Gasteiger partial charge is 0.496 e. The number of ether oxygens (including phenoxy) is 1. The van der Waals surface area contributed by atoms with Gasteiger partial charge in [0.2, 0.25) is 0 Å². The van der Waals surface area contributed by atoms with Crippen molar-refractivity contribution in [2.75, 3.05) is 7.11 Å².